The van der Waals surface area contributed by atoms with Gasteiger partial charge in [-0.1, -0.05) is 13.0 Å². The summed E-state index contributed by atoms with van der Waals surface area (Å²) in [6.45, 7) is 5.70. The number of anilines is 1. The zero-order valence-corrected chi connectivity index (χ0v) is 16.5. The summed E-state index contributed by atoms with van der Waals surface area (Å²) in [5.41, 5.74) is 2.62. The Balaban J connectivity index is 1.81. The number of sulfonamides is 1. The summed E-state index contributed by atoms with van der Waals surface area (Å²) < 4.78 is 28.0. The van der Waals surface area contributed by atoms with Gasteiger partial charge in [-0.2, -0.15) is 4.68 Å². The highest BCUT2D eigenvalue weighted by atomic mass is 32.2. The second-order valence-electron chi connectivity index (χ2n) is 6.12. The maximum absolute atomic E-state index is 12.5. The minimum absolute atomic E-state index is 0.109. The molecule has 2 N–H and O–H groups in total. The van der Waals surface area contributed by atoms with Crippen molar-refractivity contribution >= 4 is 21.6 Å². The Bertz CT molecular complexity index is 1110. The van der Waals surface area contributed by atoms with Crippen molar-refractivity contribution in [2.45, 2.75) is 25.7 Å². The van der Waals surface area contributed by atoms with Crippen LogP contribution in [0.2, 0.25) is 0 Å². The van der Waals surface area contributed by atoms with E-state index >= 15 is 0 Å². The molecule has 0 fully saturated rings. The van der Waals surface area contributed by atoms with Crippen LogP contribution >= 0.6 is 0 Å². The lowest BCUT2D eigenvalue weighted by molar-refractivity contribution is 0.102. The van der Waals surface area contributed by atoms with Crippen molar-refractivity contribution in [3.63, 3.8) is 0 Å². The van der Waals surface area contributed by atoms with Crippen LogP contribution in [0.4, 0.5) is 5.69 Å². The van der Waals surface area contributed by atoms with Crippen LogP contribution in [0.5, 0.6) is 0 Å². The van der Waals surface area contributed by atoms with E-state index in [9.17, 15) is 13.2 Å². The Morgan fingerprint density at radius 2 is 1.82 bits per heavy atom. The summed E-state index contributed by atoms with van der Waals surface area (Å²) in [7, 11) is -3.55. The highest BCUT2D eigenvalue weighted by molar-refractivity contribution is 7.89. The average Bonchev–Trinajstić information content (AvgIpc) is 3.09. The van der Waals surface area contributed by atoms with Gasteiger partial charge in [-0.3, -0.25) is 4.79 Å². The average molecular weight is 400 g/mol. The molecule has 0 bridgehead atoms. The summed E-state index contributed by atoms with van der Waals surface area (Å²) in [4.78, 5) is 12.6. The molecule has 3 aromatic rings. The third kappa shape index (κ3) is 4.07. The molecule has 1 heterocycles. The van der Waals surface area contributed by atoms with E-state index in [4.69, 9.17) is 0 Å². The minimum Gasteiger partial charge on any atom is -0.322 e. The molecular formula is C18H20N6O3S. The molecule has 3 rings (SSSR count). The van der Waals surface area contributed by atoms with Crippen LogP contribution in [0.15, 0.2) is 47.4 Å². The number of nitrogens with one attached hydrogen (secondary N) is 2. The van der Waals surface area contributed by atoms with Gasteiger partial charge in [0, 0.05) is 17.8 Å². The molecule has 9 nitrogen and oxygen atoms in total. The van der Waals surface area contributed by atoms with Gasteiger partial charge in [0.05, 0.1) is 10.6 Å². The van der Waals surface area contributed by atoms with Crippen molar-refractivity contribution < 1.29 is 13.2 Å². The van der Waals surface area contributed by atoms with Gasteiger partial charge in [0.25, 0.3) is 5.91 Å². The first-order chi connectivity index (χ1) is 13.3. The highest BCUT2D eigenvalue weighted by Gasteiger charge is 2.14. The van der Waals surface area contributed by atoms with Crippen molar-refractivity contribution in [3.05, 3.63) is 59.4 Å². The van der Waals surface area contributed by atoms with Crippen molar-refractivity contribution in [1.82, 2.24) is 24.9 Å². The summed E-state index contributed by atoms with van der Waals surface area (Å²) >= 11 is 0. The molecule has 0 aliphatic carbocycles. The van der Waals surface area contributed by atoms with Gasteiger partial charge in [0.2, 0.25) is 10.0 Å². The number of carbonyl (C=O) groups excluding carboxylic acids is 1. The summed E-state index contributed by atoms with van der Waals surface area (Å²) in [5, 5.41) is 14.3. The van der Waals surface area contributed by atoms with E-state index in [2.05, 4.69) is 25.6 Å². The van der Waals surface area contributed by atoms with Gasteiger partial charge in [0.15, 0.2) is 5.82 Å². The van der Waals surface area contributed by atoms with Gasteiger partial charge in [-0.25, -0.2) is 13.1 Å². The molecule has 10 heteroatoms. The molecular weight excluding hydrogens is 380 g/mol. The lowest BCUT2D eigenvalue weighted by Gasteiger charge is -2.11. The molecule has 0 aliphatic rings. The van der Waals surface area contributed by atoms with Crippen LogP contribution in [0.25, 0.3) is 5.69 Å². The minimum atomic E-state index is -3.55. The Morgan fingerprint density at radius 1 is 1.11 bits per heavy atom. The summed E-state index contributed by atoms with van der Waals surface area (Å²) in [5.74, 6) is 0.278. The fraction of sp³-hybridized carbons (Fsp3) is 0.222. The number of hydrogen-bond donors (Lipinski definition) is 2. The van der Waals surface area contributed by atoms with Crippen molar-refractivity contribution in [2.75, 3.05) is 11.9 Å². The van der Waals surface area contributed by atoms with E-state index in [1.54, 1.807) is 30.7 Å². The number of tetrazole rings is 1. The molecule has 28 heavy (non-hydrogen) atoms. The number of amides is 1. The third-order valence-electron chi connectivity index (χ3n) is 4.08. The van der Waals surface area contributed by atoms with Gasteiger partial charge in [0.1, 0.15) is 0 Å². The molecule has 1 aromatic heterocycles. The molecule has 0 spiro atoms. The van der Waals surface area contributed by atoms with Crippen molar-refractivity contribution in [2.24, 2.45) is 0 Å². The number of aromatic nitrogens is 4. The Hall–Kier alpha value is -3.11. The summed E-state index contributed by atoms with van der Waals surface area (Å²) in [6, 6.07) is 11.2. The van der Waals surface area contributed by atoms with Crippen LogP contribution in [-0.2, 0) is 10.0 Å². The van der Waals surface area contributed by atoms with Crippen LogP contribution < -0.4 is 10.0 Å². The fourth-order valence-electron chi connectivity index (χ4n) is 2.63. The van der Waals surface area contributed by atoms with E-state index in [1.165, 1.54) is 24.3 Å². The second kappa shape index (κ2) is 7.87. The van der Waals surface area contributed by atoms with Crippen molar-refractivity contribution in [1.29, 1.82) is 0 Å². The van der Waals surface area contributed by atoms with Crippen LogP contribution in [0.3, 0.4) is 0 Å². The van der Waals surface area contributed by atoms with E-state index < -0.39 is 10.0 Å². The lowest BCUT2D eigenvalue weighted by atomic mass is 10.1. The third-order valence-corrected chi connectivity index (χ3v) is 5.64. The largest absolute Gasteiger partial charge is 0.322 e. The molecule has 0 saturated heterocycles. The SMILES string of the molecule is CCNS(=O)(=O)c1ccc(C(=O)Nc2ccc(C)c(-n3nnnc3C)c2)cc1. The monoisotopic (exact) mass is 400 g/mol. The topological polar surface area (TPSA) is 119 Å². The number of rotatable bonds is 6. The second-order valence-corrected chi connectivity index (χ2v) is 7.89. The molecule has 1 amide bonds. The first kappa shape index (κ1) is 19.6. The molecule has 0 unspecified atom stereocenters. The first-order valence-electron chi connectivity index (χ1n) is 8.59. The Morgan fingerprint density at radius 3 is 2.43 bits per heavy atom. The highest BCUT2D eigenvalue weighted by Crippen LogP contribution is 2.20. The molecule has 0 saturated carbocycles. The number of benzene rings is 2. The van der Waals surface area contributed by atoms with Gasteiger partial charge in [-0.05, 0) is 66.2 Å². The van der Waals surface area contributed by atoms with Gasteiger partial charge >= 0.3 is 0 Å². The Labute approximate surface area is 162 Å². The number of hydrogen-bond acceptors (Lipinski definition) is 6. The van der Waals surface area contributed by atoms with E-state index in [0.29, 0.717) is 23.6 Å². The normalized spacial score (nSPS) is 11.4. The lowest BCUT2D eigenvalue weighted by Crippen LogP contribution is -2.23. The van der Waals surface area contributed by atoms with E-state index in [0.717, 1.165) is 11.3 Å². The van der Waals surface area contributed by atoms with E-state index in [-0.39, 0.29) is 10.8 Å². The molecule has 2 aromatic carbocycles. The fourth-order valence-corrected chi connectivity index (χ4v) is 3.67. The summed E-state index contributed by atoms with van der Waals surface area (Å²) in [6.07, 6.45) is 0. The smallest absolute Gasteiger partial charge is 0.255 e. The quantitative estimate of drug-likeness (QED) is 0.652. The van der Waals surface area contributed by atoms with Gasteiger partial charge in [-0.15, -0.1) is 5.10 Å². The molecule has 146 valence electrons. The molecule has 0 aliphatic heterocycles. The molecule has 0 atom stereocenters. The van der Waals surface area contributed by atoms with E-state index in [1.807, 2.05) is 13.0 Å². The standard InChI is InChI=1S/C18H20N6O3S/c1-4-19-28(26,27)16-9-6-14(7-10-16)18(25)20-15-8-5-12(2)17(11-15)24-13(3)21-22-23-24/h5-11,19H,4H2,1-3H3,(H,20,25). The maximum Gasteiger partial charge on any atom is 0.255 e. The van der Waals surface area contributed by atoms with Crippen LogP contribution in [-0.4, -0.2) is 41.1 Å². The maximum atomic E-state index is 12.5. The number of aryl methyl sites for hydroxylation is 2. The van der Waals surface area contributed by atoms with Crippen LogP contribution in [0, 0.1) is 13.8 Å². The predicted molar refractivity (Wildman–Crippen MR) is 104 cm³/mol. The predicted octanol–water partition coefficient (Wildman–Crippen LogP) is 1.83. The van der Waals surface area contributed by atoms with Crippen LogP contribution in [0.1, 0.15) is 28.7 Å². The number of carbonyl (C=O) groups is 1. The number of nitrogens with zero attached hydrogens (tertiary/aromatic N) is 4. The van der Waals surface area contributed by atoms with Gasteiger partial charge < -0.3 is 5.32 Å². The van der Waals surface area contributed by atoms with Crippen molar-refractivity contribution in [3.8, 4) is 5.69 Å². The Kier molecular flexibility index (Phi) is 5.52. The zero-order chi connectivity index (χ0) is 20.3. The molecule has 0 radical (unpaired) electrons. The first-order valence-corrected chi connectivity index (χ1v) is 10.1. The zero-order valence-electron chi connectivity index (χ0n) is 15.7.